The van der Waals surface area contributed by atoms with Gasteiger partial charge in [0.25, 0.3) is 0 Å². The Morgan fingerprint density at radius 1 is 1.13 bits per heavy atom. The largest absolute Gasteiger partial charge is 0.382 e. The minimum atomic E-state index is 0.676. The summed E-state index contributed by atoms with van der Waals surface area (Å²) in [6.45, 7) is 6.61. The molecule has 0 radical (unpaired) electrons. The zero-order chi connectivity index (χ0) is 16.9. The minimum Gasteiger partial charge on any atom is -0.382 e. The third-order valence-electron chi connectivity index (χ3n) is 4.67. The Labute approximate surface area is 142 Å². The number of hydrogen-bond acceptors (Lipinski definition) is 3. The highest BCUT2D eigenvalue weighted by molar-refractivity contribution is 5.79. The van der Waals surface area contributed by atoms with Crippen LogP contribution in [0.2, 0.25) is 0 Å². The third kappa shape index (κ3) is 9.16. The molecule has 1 aliphatic carbocycles. The minimum absolute atomic E-state index is 0.676. The lowest BCUT2D eigenvalue weighted by Crippen LogP contribution is -2.42. The molecular weight excluding hydrogens is 290 g/mol. The molecule has 0 aromatic rings. The molecule has 1 aliphatic rings. The van der Waals surface area contributed by atoms with Gasteiger partial charge in [0, 0.05) is 40.9 Å². The van der Waals surface area contributed by atoms with Gasteiger partial charge in [0.05, 0.1) is 13.2 Å². The molecule has 0 saturated heterocycles. The van der Waals surface area contributed by atoms with Crippen LogP contribution in [0.5, 0.6) is 0 Å². The van der Waals surface area contributed by atoms with Gasteiger partial charge in [-0.3, -0.25) is 4.99 Å². The van der Waals surface area contributed by atoms with Gasteiger partial charge in [0.2, 0.25) is 0 Å². The molecule has 1 fully saturated rings. The normalized spacial score (nSPS) is 22.2. The van der Waals surface area contributed by atoms with E-state index < -0.39 is 0 Å². The van der Waals surface area contributed by atoms with Crippen LogP contribution in [0.1, 0.15) is 45.4 Å². The molecule has 5 nitrogen and oxygen atoms in total. The van der Waals surface area contributed by atoms with E-state index in [1.165, 1.54) is 25.7 Å². The van der Waals surface area contributed by atoms with Crippen LogP contribution in [0, 0.1) is 11.8 Å². The van der Waals surface area contributed by atoms with E-state index in [9.17, 15) is 0 Å². The highest BCUT2D eigenvalue weighted by Crippen LogP contribution is 2.28. The van der Waals surface area contributed by atoms with Gasteiger partial charge in [-0.25, -0.2) is 0 Å². The maximum absolute atomic E-state index is 5.47. The van der Waals surface area contributed by atoms with Crippen molar-refractivity contribution < 1.29 is 9.47 Å². The van der Waals surface area contributed by atoms with Gasteiger partial charge in [-0.05, 0) is 37.5 Å². The average molecular weight is 328 g/mol. The Bertz CT molecular complexity index is 315. The Hall–Kier alpha value is -0.810. The maximum Gasteiger partial charge on any atom is 0.193 e. The van der Waals surface area contributed by atoms with E-state index in [1.807, 2.05) is 7.05 Å². The molecule has 1 saturated carbocycles. The van der Waals surface area contributed by atoms with Gasteiger partial charge in [-0.2, -0.15) is 0 Å². The summed E-state index contributed by atoms with van der Waals surface area (Å²) in [6, 6.07) is 0. The fourth-order valence-electron chi connectivity index (χ4n) is 3.14. The molecule has 0 bridgehead atoms. The van der Waals surface area contributed by atoms with Gasteiger partial charge in [0.15, 0.2) is 5.96 Å². The lowest BCUT2D eigenvalue weighted by molar-refractivity contribution is 0.0689. The Morgan fingerprint density at radius 2 is 1.87 bits per heavy atom. The monoisotopic (exact) mass is 327 g/mol. The van der Waals surface area contributed by atoms with Crippen molar-refractivity contribution in [3.05, 3.63) is 0 Å². The van der Waals surface area contributed by atoms with Gasteiger partial charge >= 0.3 is 0 Å². The smallest absolute Gasteiger partial charge is 0.193 e. The van der Waals surface area contributed by atoms with Crippen LogP contribution in [-0.4, -0.2) is 65.0 Å². The van der Waals surface area contributed by atoms with Crippen molar-refractivity contribution in [3.8, 4) is 0 Å². The highest BCUT2D eigenvalue weighted by atomic mass is 16.5. The van der Waals surface area contributed by atoms with Crippen LogP contribution in [0.4, 0.5) is 0 Å². The maximum atomic E-state index is 5.47. The van der Waals surface area contributed by atoms with Gasteiger partial charge < -0.3 is 19.7 Å². The van der Waals surface area contributed by atoms with Crippen LogP contribution in [-0.2, 0) is 9.47 Å². The first-order valence-corrected chi connectivity index (χ1v) is 9.15. The molecule has 1 rings (SSSR count). The second kappa shape index (κ2) is 12.6. The Kier molecular flexibility index (Phi) is 11.1. The summed E-state index contributed by atoms with van der Waals surface area (Å²) < 4.78 is 10.4. The molecule has 1 N–H and O–H groups in total. The number of methoxy groups -OCH3 is 1. The number of nitrogens with one attached hydrogen (secondary N) is 1. The zero-order valence-corrected chi connectivity index (χ0v) is 15.6. The third-order valence-corrected chi connectivity index (χ3v) is 4.67. The first-order valence-electron chi connectivity index (χ1n) is 9.15. The van der Waals surface area contributed by atoms with Crippen molar-refractivity contribution in [3.63, 3.8) is 0 Å². The Morgan fingerprint density at radius 3 is 2.52 bits per heavy atom. The molecule has 0 unspecified atom stereocenters. The second-order valence-electron chi connectivity index (χ2n) is 6.79. The van der Waals surface area contributed by atoms with E-state index in [1.54, 1.807) is 7.11 Å². The topological polar surface area (TPSA) is 46.1 Å². The van der Waals surface area contributed by atoms with Crippen molar-refractivity contribution in [2.24, 2.45) is 16.8 Å². The summed E-state index contributed by atoms with van der Waals surface area (Å²) in [6.07, 6.45) is 7.66. The molecule has 0 heterocycles. The molecule has 136 valence electrons. The number of rotatable bonds is 10. The molecule has 0 aromatic carbocycles. The number of hydrogen-bond donors (Lipinski definition) is 1. The fourth-order valence-corrected chi connectivity index (χ4v) is 3.14. The molecule has 23 heavy (non-hydrogen) atoms. The van der Waals surface area contributed by atoms with Crippen LogP contribution in [0.15, 0.2) is 4.99 Å². The summed E-state index contributed by atoms with van der Waals surface area (Å²) >= 11 is 0. The quantitative estimate of drug-likeness (QED) is 0.381. The molecular formula is C18H37N3O2. The summed E-state index contributed by atoms with van der Waals surface area (Å²) in [7, 11) is 5.72. The van der Waals surface area contributed by atoms with E-state index in [0.29, 0.717) is 13.2 Å². The van der Waals surface area contributed by atoms with Crippen molar-refractivity contribution in [2.45, 2.75) is 45.4 Å². The molecule has 0 atom stereocenters. The van der Waals surface area contributed by atoms with E-state index in [-0.39, 0.29) is 0 Å². The van der Waals surface area contributed by atoms with Crippen LogP contribution < -0.4 is 5.32 Å². The van der Waals surface area contributed by atoms with Gasteiger partial charge in [-0.1, -0.05) is 19.8 Å². The van der Waals surface area contributed by atoms with Crippen molar-refractivity contribution in [2.75, 3.05) is 54.1 Å². The van der Waals surface area contributed by atoms with Crippen LogP contribution >= 0.6 is 0 Å². The van der Waals surface area contributed by atoms with Crippen molar-refractivity contribution in [1.29, 1.82) is 0 Å². The number of guanidine groups is 1. The summed E-state index contributed by atoms with van der Waals surface area (Å²) in [5.41, 5.74) is 0. The van der Waals surface area contributed by atoms with E-state index in [0.717, 1.165) is 50.3 Å². The van der Waals surface area contributed by atoms with Crippen LogP contribution in [0.3, 0.4) is 0 Å². The molecule has 0 aromatic heterocycles. The van der Waals surface area contributed by atoms with E-state index in [2.05, 4.69) is 29.2 Å². The summed E-state index contributed by atoms with van der Waals surface area (Å²) in [5, 5.41) is 3.47. The van der Waals surface area contributed by atoms with Crippen molar-refractivity contribution in [1.82, 2.24) is 10.2 Å². The number of nitrogens with zero attached hydrogens (tertiary/aromatic N) is 2. The SMILES string of the molecule is CN=C(NCCCCOCCOC)N(C)CC1CCC(C)CC1. The predicted molar refractivity (Wildman–Crippen MR) is 97.0 cm³/mol. The average Bonchev–Trinajstić information content (AvgIpc) is 2.55. The highest BCUT2D eigenvalue weighted by Gasteiger charge is 2.20. The molecule has 0 amide bonds. The lowest BCUT2D eigenvalue weighted by atomic mass is 9.83. The lowest BCUT2D eigenvalue weighted by Gasteiger charge is -2.31. The first-order chi connectivity index (χ1) is 11.2. The number of aliphatic imine (C=N–C) groups is 1. The Balaban J connectivity index is 2.10. The second-order valence-corrected chi connectivity index (χ2v) is 6.79. The van der Waals surface area contributed by atoms with E-state index >= 15 is 0 Å². The molecule has 0 aliphatic heterocycles. The van der Waals surface area contributed by atoms with Crippen molar-refractivity contribution >= 4 is 5.96 Å². The first kappa shape index (κ1) is 20.2. The molecule has 5 heteroatoms. The van der Waals surface area contributed by atoms with Crippen LogP contribution in [0.25, 0.3) is 0 Å². The van der Waals surface area contributed by atoms with E-state index in [4.69, 9.17) is 9.47 Å². The van der Waals surface area contributed by atoms with Gasteiger partial charge in [-0.15, -0.1) is 0 Å². The van der Waals surface area contributed by atoms with Gasteiger partial charge in [0.1, 0.15) is 0 Å². The predicted octanol–water partition coefficient (Wildman–Crippen LogP) is 2.76. The summed E-state index contributed by atoms with van der Waals surface area (Å²) in [4.78, 5) is 6.70. The molecule has 0 spiro atoms. The summed E-state index contributed by atoms with van der Waals surface area (Å²) in [5.74, 6) is 2.76. The number of unbranched alkanes of at least 4 members (excludes halogenated alkanes) is 1. The number of ether oxygens (including phenoxy) is 2. The fraction of sp³-hybridized carbons (Fsp3) is 0.944. The zero-order valence-electron chi connectivity index (χ0n) is 15.6. The standard InChI is InChI=1S/C18H37N3O2/c1-16-7-9-17(10-8-16)15-21(3)18(19-2)20-11-5-6-12-23-14-13-22-4/h16-17H,5-15H2,1-4H3,(H,19,20).